The molecule has 0 saturated heterocycles. The molecule has 0 rings (SSSR count). The Hall–Kier alpha value is 0.0200. The van der Waals surface area contributed by atoms with Crippen LogP contribution in [-0.2, 0) is 4.79 Å². The lowest BCUT2D eigenvalue weighted by Crippen LogP contribution is -1.86. The molecule has 0 atom stereocenters. The van der Waals surface area contributed by atoms with E-state index in [1.807, 2.05) is 0 Å². The van der Waals surface area contributed by atoms with Gasteiger partial charge in [0.1, 0.15) is 0 Å². The fourth-order valence-electron chi connectivity index (χ4n) is 1.20. The van der Waals surface area contributed by atoms with Gasteiger partial charge in [0.25, 0.3) is 0 Å². The average molecular weight is 201 g/mol. The summed E-state index contributed by atoms with van der Waals surface area (Å²) in [6.45, 7) is 3.76. The van der Waals surface area contributed by atoms with Crippen molar-refractivity contribution in [2.45, 2.75) is 52.4 Å². The highest BCUT2D eigenvalue weighted by Gasteiger charge is 1.94. The van der Waals surface area contributed by atoms with Gasteiger partial charge in [0.15, 0.2) is 5.12 Å². The molecule has 0 aromatic rings. The molecule has 0 bridgehead atoms. The first-order chi connectivity index (χ1) is 6.27. The summed E-state index contributed by atoms with van der Waals surface area (Å²) in [7, 11) is 0. The Kier molecular flexibility index (Phi) is 10.1. The van der Waals surface area contributed by atoms with E-state index in [-0.39, 0.29) is 5.12 Å². The zero-order chi connectivity index (χ0) is 9.94. The van der Waals surface area contributed by atoms with E-state index in [9.17, 15) is 4.79 Å². The molecule has 13 heavy (non-hydrogen) atoms. The lowest BCUT2D eigenvalue weighted by Gasteiger charge is -1.99. The second-order valence-electron chi connectivity index (χ2n) is 3.30. The lowest BCUT2D eigenvalue weighted by molar-refractivity contribution is -0.109. The third-order valence-corrected chi connectivity index (χ3v) is 2.84. The summed E-state index contributed by atoms with van der Waals surface area (Å²) in [4.78, 5) is 10.6. The molecule has 0 unspecified atom stereocenters. The molecule has 0 N–H and O–H groups in total. The first kappa shape index (κ1) is 13.0. The highest BCUT2D eigenvalue weighted by atomic mass is 32.2. The molecule has 1 nitrogen and oxygen atoms in total. The van der Waals surface area contributed by atoms with Gasteiger partial charge < -0.3 is 0 Å². The van der Waals surface area contributed by atoms with Gasteiger partial charge in [0.05, 0.1) is 0 Å². The maximum Gasteiger partial charge on any atom is 0.185 e. The first-order valence-electron chi connectivity index (χ1n) is 5.18. The van der Waals surface area contributed by atoms with Crippen LogP contribution in [0, 0.1) is 6.42 Å². The van der Waals surface area contributed by atoms with Gasteiger partial charge in [0, 0.05) is 12.7 Å². The van der Waals surface area contributed by atoms with Crippen molar-refractivity contribution in [2.75, 3.05) is 5.75 Å². The van der Waals surface area contributed by atoms with Gasteiger partial charge in [-0.05, 0) is 12.8 Å². The summed E-state index contributed by atoms with van der Waals surface area (Å²) in [6, 6.07) is 0. The number of hydrogen-bond acceptors (Lipinski definition) is 2. The number of rotatable bonds is 8. The van der Waals surface area contributed by atoms with Crippen LogP contribution in [0.4, 0.5) is 0 Å². The van der Waals surface area contributed by atoms with Crippen molar-refractivity contribution < 1.29 is 4.79 Å². The Morgan fingerprint density at radius 2 is 1.77 bits per heavy atom. The second-order valence-corrected chi connectivity index (χ2v) is 4.58. The van der Waals surface area contributed by atoms with Crippen LogP contribution in [0.3, 0.4) is 0 Å². The SMILES string of the molecule is C[CH]CCCCCCCSC(C)=O. The predicted molar refractivity (Wildman–Crippen MR) is 60.8 cm³/mol. The average Bonchev–Trinajstić information content (AvgIpc) is 2.09. The van der Waals surface area contributed by atoms with Gasteiger partial charge in [-0.25, -0.2) is 0 Å². The van der Waals surface area contributed by atoms with Crippen LogP contribution in [0.15, 0.2) is 0 Å². The molecule has 0 aliphatic rings. The van der Waals surface area contributed by atoms with E-state index in [2.05, 4.69) is 13.3 Å². The molecule has 2 heteroatoms. The lowest BCUT2D eigenvalue weighted by atomic mass is 10.1. The number of hydrogen-bond donors (Lipinski definition) is 0. The Labute approximate surface area is 86.7 Å². The van der Waals surface area contributed by atoms with Crippen LogP contribution in [0.25, 0.3) is 0 Å². The van der Waals surface area contributed by atoms with E-state index < -0.39 is 0 Å². The highest BCUT2D eigenvalue weighted by molar-refractivity contribution is 8.13. The molecule has 0 heterocycles. The number of thioether (sulfide) groups is 1. The highest BCUT2D eigenvalue weighted by Crippen LogP contribution is 2.10. The van der Waals surface area contributed by atoms with Crippen LogP contribution < -0.4 is 0 Å². The van der Waals surface area contributed by atoms with Gasteiger partial charge in [-0.3, -0.25) is 4.79 Å². The van der Waals surface area contributed by atoms with Gasteiger partial charge >= 0.3 is 0 Å². The van der Waals surface area contributed by atoms with Crippen molar-refractivity contribution in [2.24, 2.45) is 0 Å². The quantitative estimate of drug-likeness (QED) is 0.555. The maximum atomic E-state index is 10.6. The number of carbonyl (C=O) groups is 1. The van der Waals surface area contributed by atoms with Crippen LogP contribution in [0.2, 0.25) is 0 Å². The number of carbonyl (C=O) groups excluding carboxylic acids is 1. The van der Waals surface area contributed by atoms with Crippen molar-refractivity contribution in [3.8, 4) is 0 Å². The van der Waals surface area contributed by atoms with E-state index in [1.165, 1.54) is 50.3 Å². The van der Waals surface area contributed by atoms with Gasteiger partial charge in [-0.2, -0.15) is 0 Å². The fourth-order valence-corrected chi connectivity index (χ4v) is 1.83. The third-order valence-electron chi connectivity index (χ3n) is 1.94. The van der Waals surface area contributed by atoms with E-state index in [0.29, 0.717) is 0 Å². The minimum absolute atomic E-state index is 0.251. The van der Waals surface area contributed by atoms with E-state index in [0.717, 1.165) is 5.75 Å². The van der Waals surface area contributed by atoms with E-state index in [4.69, 9.17) is 0 Å². The molecule has 0 aromatic heterocycles. The van der Waals surface area contributed by atoms with Crippen LogP contribution in [-0.4, -0.2) is 10.9 Å². The van der Waals surface area contributed by atoms with E-state index >= 15 is 0 Å². The molecule has 0 aliphatic carbocycles. The monoisotopic (exact) mass is 201 g/mol. The normalized spacial score (nSPS) is 10.3. The second kappa shape index (κ2) is 10.1. The Balaban J connectivity index is 2.87. The molecule has 0 aromatic carbocycles. The Bertz CT molecular complexity index is 123. The van der Waals surface area contributed by atoms with Gasteiger partial charge in [-0.15, -0.1) is 0 Å². The zero-order valence-electron chi connectivity index (χ0n) is 8.84. The van der Waals surface area contributed by atoms with Crippen LogP contribution >= 0.6 is 11.8 Å². The molecule has 0 spiro atoms. The minimum Gasteiger partial charge on any atom is -0.288 e. The van der Waals surface area contributed by atoms with Crippen molar-refractivity contribution in [3.05, 3.63) is 6.42 Å². The summed E-state index contributed by atoms with van der Waals surface area (Å²) in [6.07, 6.45) is 9.95. The molecule has 1 radical (unpaired) electrons. The van der Waals surface area contributed by atoms with Crippen molar-refractivity contribution in [3.63, 3.8) is 0 Å². The zero-order valence-corrected chi connectivity index (χ0v) is 9.66. The predicted octanol–water partition coefficient (Wildman–Crippen LogP) is 3.83. The fraction of sp³-hybridized carbons (Fsp3) is 0.818. The summed E-state index contributed by atoms with van der Waals surface area (Å²) in [5.41, 5.74) is 0. The largest absolute Gasteiger partial charge is 0.288 e. The summed E-state index contributed by atoms with van der Waals surface area (Å²) in [5.74, 6) is 1.01. The third kappa shape index (κ3) is 12.0. The molecular weight excluding hydrogens is 180 g/mol. The standard InChI is InChI=1S/C11H21OS/c1-3-4-5-6-7-8-9-10-13-11(2)12/h3H,4-10H2,1-2H3. The maximum absolute atomic E-state index is 10.6. The molecular formula is C11H21OS. The van der Waals surface area contributed by atoms with Crippen molar-refractivity contribution >= 4 is 16.9 Å². The topological polar surface area (TPSA) is 17.1 Å². The van der Waals surface area contributed by atoms with Crippen LogP contribution in [0.5, 0.6) is 0 Å². The summed E-state index contributed by atoms with van der Waals surface area (Å²) < 4.78 is 0. The Morgan fingerprint density at radius 3 is 2.38 bits per heavy atom. The molecule has 0 fully saturated rings. The summed E-state index contributed by atoms with van der Waals surface area (Å²) >= 11 is 1.45. The van der Waals surface area contributed by atoms with Crippen molar-refractivity contribution in [1.29, 1.82) is 0 Å². The Morgan fingerprint density at radius 1 is 1.15 bits per heavy atom. The van der Waals surface area contributed by atoms with Gasteiger partial charge in [-0.1, -0.05) is 50.8 Å². The molecule has 0 aliphatic heterocycles. The van der Waals surface area contributed by atoms with E-state index in [1.54, 1.807) is 6.92 Å². The molecule has 77 valence electrons. The minimum atomic E-state index is 0.251. The first-order valence-corrected chi connectivity index (χ1v) is 6.17. The number of unbranched alkanes of at least 4 members (excludes halogenated alkanes) is 6. The van der Waals surface area contributed by atoms with Gasteiger partial charge in [0.2, 0.25) is 0 Å². The smallest absolute Gasteiger partial charge is 0.185 e. The summed E-state index contributed by atoms with van der Waals surface area (Å²) in [5, 5.41) is 0.251. The molecule has 0 amide bonds. The van der Waals surface area contributed by atoms with Crippen molar-refractivity contribution in [1.82, 2.24) is 0 Å². The van der Waals surface area contributed by atoms with Crippen LogP contribution in [0.1, 0.15) is 52.4 Å². The molecule has 0 saturated carbocycles.